The number of benzene rings is 1. The fourth-order valence-corrected chi connectivity index (χ4v) is 5.09. The average molecular weight is 337 g/mol. The minimum atomic E-state index is -3.34. The third-order valence-corrected chi connectivity index (χ3v) is 6.41. The van der Waals surface area contributed by atoms with E-state index in [1.807, 2.05) is 0 Å². The molecule has 2 heterocycles. The van der Waals surface area contributed by atoms with Crippen LogP contribution in [0.25, 0.3) is 0 Å². The molecule has 1 aliphatic heterocycles. The van der Waals surface area contributed by atoms with Crippen molar-refractivity contribution in [2.24, 2.45) is 0 Å². The van der Waals surface area contributed by atoms with Crippen LogP contribution in [0.1, 0.15) is 27.7 Å². The van der Waals surface area contributed by atoms with Gasteiger partial charge >= 0.3 is 0 Å². The Hall–Kier alpha value is -1.93. The molecule has 0 saturated heterocycles. The molecule has 0 bridgehead atoms. The number of fused-ring (bicyclic) bond motifs is 1. The molecule has 2 aromatic rings. The summed E-state index contributed by atoms with van der Waals surface area (Å²) in [5, 5.41) is 6.42. The number of sulfone groups is 1. The molecule has 3 rings (SSSR count). The second kappa shape index (κ2) is 5.36. The van der Waals surface area contributed by atoms with Crippen LogP contribution in [0.4, 0.5) is 5.00 Å². The highest BCUT2D eigenvalue weighted by Gasteiger charge is 2.35. The van der Waals surface area contributed by atoms with Gasteiger partial charge in [0.1, 0.15) is 5.00 Å². The molecule has 0 aliphatic carbocycles. The van der Waals surface area contributed by atoms with Gasteiger partial charge in [0, 0.05) is 7.05 Å². The summed E-state index contributed by atoms with van der Waals surface area (Å²) >= 11 is 1.21. The first-order chi connectivity index (χ1) is 10.4. The Kier molecular flexibility index (Phi) is 3.65. The lowest BCUT2D eigenvalue weighted by Gasteiger charge is -2.13. The van der Waals surface area contributed by atoms with E-state index in [1.54, 1.807) is 38.2 Å². The van der Waals surface area contributed by atoms with E-state index in [1.165, 1.54) is 11.5 Å². The van der Waals surface area contributed by atoms with Crippen molar-refractivity contribution < 1.29 is 13.2 Å². The number of amides is 1. The van der Waals surface area contributed by atoms with E-state index < -0.39 is 15.9 Å². The number of carbonyl (C=O) groups excluding carboxylic acids is 1. The summed E-state index contributed by atoms with van der Waals surface area (Å²) in [6.45, 7) is 1.76. The number of aromatic nitrogens is 1. The van der Waals surface area contributed by atoms with Crippen LogP contribution in [0.5, 0.6) is 0 Å². The van der Waals surface area contributed by atoms with Crippen molar-refractivity contribution in [2.45, 2.75) is 17.9 Å². The van der Waals surface area contributed by atoms with Gasteiger partial charge in [0.2, 0.25) is 0 Å². The van der Waals surface area contributed by atoms with Crippen LogP contribution in [0.15, 0.2) is 29.2 Å². The van der Waals surface area contributed by atoms with Crippen molar-refractivity contribution in [1.82, 2.24) is 9.69 Å². The molecule has 6 nitrogen and oxygen atoms in total. The number of hydrogen-bond donors (Lipinski definition) is 2. The first kappa shape index (κ1) is 15.0. The van der Waals surface area contributed by atoms with Crippen LogP contribution in [0, 0.1) is 6.92 Å². The number of rotatable bonds is 3. The summed E-state index contributed by atoms with van der Waals surface area (Å²) in [4.78, 5) is 12.8. The lowest BCUT2D eigenvalue weighted by atomic mass is 10.1. The second-order valence-corrected chi connectivity index (χ2v) is 7.84. The van der Waals surface area contributed by atoms with E-state index in [0.717, 1.165) is 0 Å². The maximum absolute atomic E-state index is 12.5. The number of carbonyl (C=O) groups is 1. The fourth-order valence-electron chi connectivity index (χ4n) is 2.61. The molecular formula is C14H15N3O3S2. The maximum Gasteiger partial charge on any atom is 0.256 e. The molecule has 1 aromatic carbocycles. The van der Waals surface area contributed by atoms with Crippen molar-refractivity contribution >= 4 is 32.3 Å². The van der Waals surface area contributed by atoms with E-state index in [0.29, 0.717) is 26.7 Å². The Morgan fingerprint density at radius 2 is 2.09 bits per heavy atom. The normalized spacial score (nSPS) is 18.7. The summed E-state index contributed by atoms with van der Waals surface area (Å²) in [6.07, 6.45) is 0. The SMILES string of the molecule is CNc1snc(C)c1C(=O)NC1CS(=O)(=O)c2ccccc21. The summed E-state index contributed by atoms with van der Waals surface area (Å²) < 4.78 is 28.5. The van der Waals surface area contributed by atoms with E-state index in [2.05, 4.69) is 15.0 Å². The van der Waals surface area contributed by atoms with Crippen LogP contribution >= 0.6 is 11.5 Å². The van der Waals surface area contributed by atoms with Gasteiger partial charge < -0.3 is 10.6 Å². The van der Waals surface area contributed by atoms with Gasteiger partial charge in [-0.3, -0.25) is 4.79 Å². The van der Waals surface area contributed by atoms with Gasteiger partial charge in [-0.05, 0) is 30.1 Å². The van der Waals surface area contributed by atoms with Crippen molar-refractivity contribution in [2.75, 3.05) is 18.1 Å². The molecule has 116 valence electrons. The highest BCUT2D eigenvalue weighted by atomic mass is 32.2. The topological polar surface area (TPSA) is 88.2 Å². The first-order valence-corrected chi connectivity index (χ1v) is 9.13. The molecule has 1 aromatic heterocycles. The van der Waals surface area contributed by atoms with Crippen molar-refractivity contribution in [3.05, 3.63) is 41.1 Å². The molecule has 1 atom stereocenters. The molecule has 0 fully saturated rings. The molecule has 22 heavy (non-hydrogen) atoms. The largest absolute Gasteiger partial charge is 0.378 e. The Morgan fingerprint density at radius 3 is 2.82 bits per heavy atom. The molecule has 0 radical (unpaired) electrons. The number of nitrogens with one attached hydrogen (secondary N) is 2. The lowest BCUT2D eigenvalue weighted by Crippen LogP contribution is -2.30. The minimum absolute atomic E-state index is 0.108. The molecule has 0 saturated carbocycles. The zero-order valence-electron chi connectivity index (χ0n) is 12.1. The Morgan fingerprint density at radius 1 is 1.36 bits per heavy atom. The van der Waals surface area contributed by atoms with Gasteiger partial charge in [-0.2, -0.15) is 4.37 Å². The molecule has 1 aliphatic rings. The molecule has 0 spiro atoms. The summed E-state index contributed by atoms with van der Waals surface area (Å²) in [7, 11) is -1.62. The van der Waals surface area contributed by atoms with Gasteiger partial charge in [-0.25, -0.2) is 8.42 Å². The predicted molar refractivity (Wildman–Crippen MR) is 85.1 cm³/mol. The van der Waals surface area contributed by atoms with Gasteiger partial charge in [-0.1, -0.05) is 18.2 Å². The zero-order valence-corrected chi connectivity index (χ0v) is 13.7. The van der Waals surface area contributed by atoms with E-state index in [9.17, 15) is 13.2 Å². The first-order valence-electron chi connectivity index (χ1n) is 6.70. The van der Waals surface area contributed by atoms with E-state index in [4.69, 9.17) is 0 Å². The summed E-state index contributed by atoms with van der Waals surface area (Å²) in [6, 6.07) is 6.25. The Balaban J connectivity index is 1.92. The van der Waals surface area contributed by atoms with E-state index in [-0.39, 0.29) is 11.7 Å². The standard InChI is InChI=1S/C14H15N3O3S2/c1-8-12(14(15-2)21-17-8)13(18)16-10-7-22(19,20)11-6-4-3-5-9(10)11/h3-6,10,15H,7H2,1-2H3,(H,16,18). The Labute approximate surface area is 132 Å². The zero-order chi connectivity index (χ0) is 15.9. The van der Waals surface area contributed by atoms with Gasteiger partial charge in [0.05, 0.1) is 27.9 Å². The molecule has 1 unspecified atom stereocenters. The lowest BCUT2D eigenvalue weighted by molar-refractivity contribution is 0.0941. The minimum Gasteiger partial charge on any atom is -0.378 e. The number of aryl methyl sites for hydroxylation is 1. The predicted octanol–water partition coefficient (Wildman–Crippen LogP) is 1.75. The maximum atomic E-state index is 12.5. The quantitative estimate of drug-likeness (QED) is 0.891. The van der Waals surface area contributed by atoms with Crippen LogP contribution < -0.4 is 10.6 Å². The van der Waals surface area contributed by atoms with Crippen LogP contribution in [0.3, 0.4) is 0 Å². The summed E-state index contributed by atoms with van der Waals surface area (Å²) in [5.74, 6) is -0.420. The molecule has 1 amide bonds. The van der Waals surface area contributed by atoms with Crippen LogP contribution in [-0.2, 0) is 9.84 Å². The van der Waals surface area contributed by atoms with Crippen LogP contribution in [-0.4, -0.2) is 31.5 Å². The van der Waals surface area contributed by atoms with E-state index >= 15 is 0 Å². The molecular weight excluding hydrogens is 322 g/mol. The van der Waals surface area contributed by atoms with Gasteiger partial charge in [-0.15, -0.1) is 0 Å². The number of hydrogen-bond acceptors (Lipinski definition) is 6. The third kappa shape index (κ3) is 2.38. The smallest absolute Gasteiger partial charge is 0.256 e. The fraction of sp³-hybridized carbons (Fsp3) is 0.286. The number of nitrogens with zero attached hydrogens (tertiary/aromatic N) is 1. The highest BCUT2D eigenvalue weighted by Crippen LogP contribution is 2.34. The Bertz CT molecular complexity index is 843. The highest BCUT2D eigenvalue weighted by molar-refractivity contribution is 7.91. The molecule has 8 heteroatoms. The van der Waals surface area contributed by atoms with Gasteiger partial charge in [0.15, 0.2) is 9.84 Å². The third-order valence-electron chi connectivity index (χ3n) is 3.64. The van der Waals surface area contributed by atoms with Crippen molar-refractivity contribution in [3.8, 4) is 0 Å². The number of anilines is 1. The second-order valence-electron chi connectivity index (χ2n) is 5.07. The van der Waals surface area contributed by atoms with Crippen LogP contribution in [0.2, 0.25) is 0 Å². The van der Waals surface area contributed by atoms with Gasteiger partial charge in [0.25, 0.3) is 5.91 Å². The average Bonchev–Trinajstić information content (AvgIpc) is 2.98. The van der Waals surface area contributed by atoms with Crippen molar-refractivity contribution in [3.63, 3.8) is 0 Å². The molecule has 2 N–H and O–H groups in total. The van der Waals surface area contributed by atoms with Crippen molar-refractivity contribution in [1.29, 1.82) is 0 Å². The monoisotopic (exact) mass is 337 g/mol. The summed E-state index contributed by atoms with van der Waals surface area (Å²) in [5.41, 5.74) is 1.73.